The molecule has 0 spiro atoms. The zero-order valence-corrected chi connectivity index (χ0v) is 17.0. The van der Waals surface area contributed by atoms with Crippen molar-refractivity contribution in [3.05, 3.63) is 86.0 Å². The Labute approximate surface area is 175 Å². The highest BCUT2D eigenvalue weighted by Gasteiger charge is 2.15. The highest BCUT2D eigenvalue weighted by atomic mass is 35.5. The monoisotopic (exact) mass is 427 g/mol. The molecule has 0 bridgehead atoms. The van der Waals surface area contributed by atoms with Gasteiger partial charge in [0.15, 0.2) is 5.65 Å². The Hall–Kier alpha value is -3.16. The molecule has 0 aliphatic carbocycles. The van der Waals surface area contributed by atoms with Crippen molar-refractivity contribution >= 4 is 40.1 Å². The number of hydrogen-bond donors (Lipinski definition) is 1. The maximum atomic E-state index is 12.8. The summed E-state index contributed by atoms with van der Waals surface area (Å²) in [6.07, 6.45) is 2.67. The van der Waals surface area contributed by atoms with Gasteiger partial charge >= 0.3 is 0 Å². The van der Waals surface area contributed by atoms with Crippen molar-refractivity contribution in [2.75, 3.05) is 5.43 Å². The van der Waals surface area contributed by atoms with Crippen LogP contribution < -0.4 is 11.0 Å². The molecular formula is C20H15Cl2N5O2. The summed E-state index contributed by atoms with van der Waals surface area (Å²) in [4.78, 5) is 29.6. The predicted molar refractivity (Wildman–Crippen MR) is 113 cm³/mol. The molecule has 0 unspecified atom stereocenters. The molecule has 4 rings (SSSR count). The summed E-state index contributed by atoms with van der Waals surface area (Å²) in [6.45, 7) is 4.02. The van der Waals surface area contributed by atoms with Crippen molar-refractivity contribution in [1.82, 2.24) is 19.4 Å². The van der Waals surface area contributed by atoms with E-state index in [0.717, 1.165) is 21.5 Å². The largest absolute Gasteiger partial charge is 0.283 e. The van der Waals surface area contributed by atoms with E-state index in [0.29, 0.717) is 10.7 Å². The third-order valence-corrected chi connectivity index (χ3v) is 5.17. The molecule has 2 aromatic heterocycles. The summed E-state index contributed by atoms with van der Waals surface area (Å²) in [5.41, 5.74) is 5.67. The second-order valence-electron chi connectivity index (χ2n) is 6.55. The molecule has 2 heterocycles. The Balaban J connectivity index is 1.71. The number of rotatable bonds is 3. The van der Waals surface area contributed by atoms with Crippen LogP contribution in [0.4, 0.5) is 0 Å². The van der Waals surface area contributed by atoms with Gasteiger partial charge in [-0.3, -0.25) is 15.0 Å². The normalized spacial score (nSPS) is 11.0. The fourth-order valence-electron chi connectivity index (χ4n) is 2.88. The minimum absolute atomic E-state index is 0.180. The van der Waals surface area contributed by atoms with Crippen molar-refractivity contribution in [3.8, 4) is 5.69 Å². The summed E-state index contributed by atoms with van der Waals surface area (Å²) in [6, 6.07) is 10.3. The van der Waals surface area contributed by atoms with Crippen LogP contribution in [-0.4, -0.2) is 25.3 Å². The van der Waals surface area contributed by atoms with E-state index >= 15 is 0 Å². The SMILES string of the molecule is Cc1ccc(-n2ncc3c(=O)n(NC(=O)c4ccc(Cl)cc4Cl)cnc32)cc1C. The Morgan fingerprint density at radius 2 is 1.86 bits per heavy atom. The Bertz CT molecular complexity index is 1330. The predicted octanol–water partition coefficient (Wildman–Crippen LogP) is 3.89. The van der Waals surface area contributed by atoms with Crippen LogP contribution in [0.15, 0.2) is 53.7 Å². The summed E-state index contributed by atoms with van der Waals surface area (Å²) in [7, 11) is 0. The minimum Gasteiger partial charge on any atom is -0.267 e. The number of nitrogens with one attached hydrogen (secondary N) is 1. The van der Waals surface area contributed by atoms with Gasteiger partial charge in [-0.1, -0.05) is 29.3 Å². The van der Waals surface area contributed by atoms with Crippen LogP contribution in [0.1, 0.15) is 21.5 Å². The van der Waals surface area contributed by atoms with Crippen LogP contribution in [0.25, 0.3) is 16.7 Å². The van der Waals surface area contributed by atoms with Crippen molar-refractivity contribution < 1.29 is 4.79 Å². The van der Waals surface area contributed by atoms with E-state index in [-0.39, 0.29) is 16.0 Å². The maximum Gasteiger partial charge on any atom is 0.283 e. The molecule has 146 valence electrons. The van der Waals surface area contributed by atoms with Crippen LogP contribution in [0.5, 0.6) is 0 Å². The van der Waals surface area contributed by atoms with Crippen molar-refractivity contribution in [2.24, 2.45) is 0 Å². The van der Waals surface area contributed by atoms with Gasteiger partial charge in [0, 0.05) is 5.02 Å². The number of aryl methyl sites for hydroxylation is 2. The van der Waals surface area contributed by atoms with Crippen molar-refractivity contribution in [3.63, 3.8) is 0 Å². The first kappa shape index (κ1) is 19.2. The molecule has 4 aromatic rings. The number of benzene rings is 2. The molecule has 1 N–H and O–H groups in total. The van der Waals surface area contributed by atoms with E-state index in [4.69, 9.17) is 23.2 Å². The molecular weight excluding hydrogens is 413 g/mol. The molecule has 0 saturated carbocycles. The van der Waals surface area contributed by atoms with Crippen LogP contribution in [0, 0.1) is 13.8 Å². The van der Waals surface area contributed by atoms with Crippen LogP contribution in [0.3, 0.4) is 0 Å². The summed E-state index contributed by atoms with van der Waals surface area (Å²) in [5.74, 6) is -0.559. The van der Waals surface area contributed by atoms with Crippen LogP contribution >= 0.6 is 23.2 Å². The zero-order chi connectivity index (χ0) is 20.7. The lowest BCUT2D eigenvalue weighted by Crippen LogP contribution is -2.33. The number of amides is 1. The number of carbonyl (C=O) groups is 1. The van der Waals surface area contributed by atoms with E-state index in [9.17, 15) is 9.59 Å². The highest BCUT2D eigenvalue weighted by molar-refractivity contribution is 6.37. The number of halogens is 2. The molecule has 0 aliphatic heterocycles. The van der Waals surface area contributed by atoms with Crippen LogP contribution in [0.2, 0.25) is 10.0 Å². The molecule has 0 saturated heterocycles. The first-order valence-electron chi connectivity index (χ1n) is 8.64. The second-order valence-corrected chi connectivity index (χ2v) is 7.39. The molecule has 29 heavy (non-hydrogen) atoms. The molecule has 0 fully saturated rings. The quantitative estimate of drug-likeness (QED) is 0.537. The lowest BCUT2D eigenvalue weighted by Gasteiger charge is -2.10. The maximum absolute atomic E-state index is 12.8. The van der Waals surface area contributed by atoms with Crippen LogP contribution in [-0.2, 0) is 0 Å². The third kappa shape index (κ3) is 3.50. The van der Waals surface area contributed by atoms with Crippen molar-refractivity contribution in [2.45, 2.75) is 13.8 Å². The lowest BCUT2D eigenvalue weighted by atomic mass is 10.1. The van der Waals surface area contributed by atoms with Gasteiger partial charge in [-0.05, 0) is 55.3 Å². The fourth-order valence-corrected chi connectivity index (χ4v) is 3.38. The number of nitrogens with zero attached hydrogens (tertiary/aromatic N) is 4. The summed E-state index contributed by atoms with van der Waals surface area (Å²) < 4.78 is 2.59. The second kappa shape index (κ2) is 7.35. The smallest absolute Gasteiger partial charge is 0.267 e. The van der Waals surface area contributed by atoms with Crippen molar-refractivity contribution in [1.29, 1.82) is 0 Å². The molecule has 1 amide bonds. The average Bonchev–Trinajstić information content (AvgIpc) is 3.11. The first-order valence-corrected chi connectivity index (χ1v) is 9.40. The molecule has 0 aliphatic rings. The summed E-state index contributed by atoms with van der Waals surface area (Å²) in [5, 5.41) is 5.15. The van der Waals surface area contributed by atoms with E-state index < -0.39 is 11.5 Å². The molecule has 7 nitrogen and oxygen atoms in total. The van der Waals surface area contributed by atoms with E-state index in [2.05, 4.69) is 15.5 Å². The van der Waals surface area contributed by atoms with E-state index in [1.807, 2.05) is 32.0 Å². The number of aromatic nitrogens is 4. The first-order chi connectivity index (χ1) is 13.8. The molecule has 0 radical (unpaired) electrons. The number of fused-ring (bicyclic) bond motifs is 1. The highest BCUT2D eigenvalue weighted by Crippen LogP contribution is 2.21. The van der Waals surface area contributed by atoms with Gasteiger partial charge in [-0.25, -0.2) is 14.3 Å². The van der Waals surface area contributed by atoms with Gasteiger partial charge in [0.05, 0.1) is 22.5 Å². The average molecular weight is 428 g/mol. The molecule has 2 aromatic carbocycles. The van der Waals surface area contributed by atoms with E-state index in [1.54, 1.807) is 10.7 Å². The number of hydrogen-bond acceptors (Lipinski definition) is 4. The van der Waals surface area contributed by atoms with Gasteiger partial charge in [0.25, 0.3) is 11.5 Å². The molecule has 9 heteroatoms. The standard InChI is InChI=1S/C20H15Cl2N5O2/c1-11-3-5-14(7-12(11)2)27-18-16(9-24-27)20(29)26(10-23-18)25-19(28)15-6-4-13(21)8-17(15)22/h3-10H,1-2H3,(H,25,28). The minimum atomic E-state index is -0.559. The van der Waals surface area contributed by atoms with E-state index in [1.165, 1.54) is 24.7 Å². The summed E-state index contributed by atoms with van der Waals surface area (Å²) >= 11 is 11.9. The Morgan fingerprint density at radius 3 is 2.59 bits per heavy atom. The van der Waals surface area contributed by atoms with Gasteiger partial charge < -0.3 is 0 Å². The van der Waals surface area contributed by atoms with Gasteiger partial charge in [-0.15, -0.1) is 0 Å². The topological polar surface area (TPSA) is 81.8 Å². The molecule has 0 atom stereocenters. The zero-order valence-electron chi connectivity index (χ0n) is 15.5. The lowest BCUT2D eigenvalue weighted by molar-refractivity contribution is 0.101. The Kier molecular flexibility index (Phi) is 4.86. The van der Waals surface area contributed by atoms with Gasteiger partial charge in [0.1, 0.15) is 11.7 Å². The number of carbonyl (C=O) groups excluding carboxylic acids is 1. The Morgan fingerprint density at radius 1 is 1.07 bits per heavy atom. The third-order valence-electron chi connectivity index (χ3n) is 4.62. The van der Waals surface area contributed by atoms with Gasteiger partial charge in [-0.2, -0.15) is 5.10 Å². The van der Waals surface area contributed by atoms with Gasteiger partial charge in [0.2, 0.25) is 0 Å². The fraction of sp³-hybridized carbons (Fsp3) is 0.100.